The number of amides is 2. The molecule has 0 bridgehead atoms. The predicted molar refractivity (Wildman–Crippen MR) is 79.7 cm³/mol. The molecule has 0 heterocycles. The van der Waals surface area contributed by atoms with E-state index in [1.165, 1.54) is 0 Å². The van der Waals surface area contributed by atoms with E-state index in [9.17, 15) is 9.59 Å². The van der Waals surface area contributed by atoms with Gasteiger partial charge in [-0.2, -0.15) is 5.12 Å². The number of hydrogen-bond donors (Lipinski definition) is 2. The van der Waals surface area contributed by atoms with Crippen LogP contribution in [0.2, 0.25) is 0 Å². The Morgan fingerprint density at radius 1 is 1.33 bits per heavy atom. The van der Waals surface area contributed by atoms with Gasteiger partial charge in [0, 0.05) is 5.92 Å². The number of nitrogens with two attached hydrogens (primary N) is 1. The maximum absolute atomic E-state index is 12.0. The van der Waals surface area contributed by atoms with Crippen molar-refractivity contribution in [3.8, 4) is 0 Å². The van der Waals surface area contributed by atoms with Crippen LogP contribution in [0.4, 0.5) is 4.79 Å². The molecule has 0 fully saturated rings. The van der Waals surface area contributed by atoms with E-state index in [0.717, 1.165) is 18.4 Å². The van der Waals surface area contributed by atoms with Crippen molar-refractivity contribution >= 4 is 12.0 Å². The number of carbonyl (C=O) groups is 2. The molecule has 0 radical (unpaired) electrons. The van der Waals surface area contributed by atoms with Crippen LogP contribution in [0, 0.1) is 5.92 Å². The summed E-state index contributed by atoms with van der Waals surface area (Å²) in [4.78, 5) is 23.4. The molecule has 1 unspecified atom stereocenters. The lowest BCUT2D eigenvalue weighted by atomic mass is 10.0. The molecule has 0 spiro atoms. The Hall–Kier alpha value is -2.08. The third-order valence-corrected chi connectivity index (χ3v) is 2.99. The molecule has 0 saturated carbocycles. The van der Waals surface area contributed by atoms with Crippen LogP contribution in [0.25, 0.3) is 0 Å². The molecule has 0 aromatic heterocycles. The Morgan fingerprint density at radius 3 is 2.62 bits per heavy atom. The van der Waals surface area contributed by atoms with E-state index in [4.69, 9.17) is 10.6 Å². The molecule has 2 amide bonds. The van der Waals surface area contributed by atoms with E-state index in [1.807, 2.05) is 37.3 Å². The SMILES string of the molecule is CCCCOC(=O)NN(N)C(=O)C(C)Cc1ccccc1. The summed E-state index contributed by atoms with van der Waals surface area (Å²) in [5.41, 5.74) is 3.24. The summed E-state index contributed by atoms with van der Waals surface area (Å²) in [6, 6.07) is 9.62. The summed E-state index contributed by atoms with van der Waals surface area (Å²) in [5, 5.41) is 0.696. The van der Waals surface area contributed by atoms with E-state index in [-0.39, 0.29) is 11.8 Å². The summed E-state index contributed by atoms with van der Waals surface area (Å²) in [5.74, 6) is 4.84. The molecule has 21 heavy (non-hydrogen) atoms. The Labute approximate surface area is 125 Å². The molecule has 3 N–H and O–H groups in total. The minimum absolute atomic E-state index is 0.309. The van der Waals surface area contributed by atoms with Crippen molar-refractivity contribution in [2.75, 3.05) is 6.61 Å². The lowest BCUT2D eigenvalue weighted by Gasteiger charge is -2.21. The molecule has 1 atom stereocenters. The van der Waals surface area contributed by atoms with Crippen LogP contribution in [0.1, 0.15) is 32.3 Å². The first-order valence-corrected chi connectivity index (χ1v) is 7.10. The van der Waals surface area contributed by atoms with Gasteiger partial charge in [0.1, 0.15) is 0 Å². The Balaban J connectivity index is 2.40. The third-order valence-electron chi connectivity index (χ3n) is 2.99. The van der Waals surface area contributed by atoms with Gasteiger partial charge in [-0.3, -0.25) is 4.79 Å². The summed E-state index contributed by atoms with van der Waals surface area (Å²) in [7, 11) is 0. The van der Waals surface area contributed by atoms with Crippen LogP contribution >= 0.6 is 0 Å². The van der Waals surface area contributed by atoms with Crippen molar-refractivity contribution in [1.82, 2.24) is 10.5 Å². The van der Waals surface area contributed by atoms with E-state index in [0.29, 0.717) is 18.1 Å². The highest BCUT2D eigenvalue weighted by molar-refractivity contribution is 5.80. The van der Waals surface area contributed by atoms with Gasteiger partial charge in [-0.1, -0.05) is 50.6 Å². The first kappa shape index (κ1) is 17.0. The maximum Gasteiger partial charge on any atom is 0.427 e. The number of benzene rings is 1. The maximum atomic E-state index is 12.0. The van der Waals surface area contributed by atoms with E-state index < -0.39 is 6.09 Å². The molecule has 1 aromatic carbocycles. The fourth-order valence-electron chi connectivity index (χ4n) is 1.79. The minimum atomic E-state index is -0.716. The van der Waals surface area contributed by atoms with E-state index in [1.54, 1.807) is 6.92 Å². The average Bonchev–Trinajstić information content (AvgIpc) is 2.47. The molecule has 1 aromatic rings. The first-order valence-electron chi connectivity index (χ1n) is 7.10. The number of carbonyl (C=O) groups excluding carboxylic acids is 2. The quantitative estimate of drug-likeness (QED) is 0.364. The lowest BCUT2D eigenvalue weighted by molar-refractivity contribution is -0.138. The summed E-state index contributed by atoms with van der Waals surface area (Å²) in [6.07, 6.45) is 1.54. The van der Waals surface area contributed by atoms with Crippen molar-refractivity contribution in [2.45, 2.75) is 33.1 Å². The molecular weight excluding hydrogens is 270 g/mol. The van der Waals surface area contributed by atoms with Gasteiger partial charge in [0.25, 0.3) is 5.91 Å². The first-order chi connectivity index (χ1) is 10.0. The number of hydrazine groups is 2. The average molecular weight is 293 g/mol. The zero-order valence-electron chi connectivity index (χ0n) is 12.5. The smallest absolute Gasteiger partial charge is 0.427 e. The highest BCUT2D eigenvalue weighted by Crippen LogP contribution is 2.09. The van der Waals surface area contributed by atoms with Gasteiger partial charge in [-0.05, 0) is 18.4 Å². The molecule has 116 valence electrons. The van der Waals surface area contributed by atoms with Crippen molar-refractivity contribution in [2.24, 2.45) is 11.8 Å². The third kappa shape index (κ3) is 6.27. The molecule has 0 aliphatic rings. The second kappa shape index (κ2) is 8.97. The highest BCUT2D eigenvalue weighted by Gasteiger charge is 2.20. The van der Waals surface area contributed by atoms with Gasteiger partial charge < -0.3 is 4.74 Å². The van der Waals surface area contributed by atoms with Crippen molar-refractivity contribution in [1.29, 1.82) is 0 Å². The molecule has 1 rings (SSSR count). The Bertz CT molecular complexity index is 451. The minimum Gasteiger partial charge on any atom is -0.448 e. The molecule has 0 aliphatic carbocycles. The van der Waals surface area contributed by atoms with Crippen LogP contribution in [0.15, 0.2) is 30.3 Å². The van der Waals surface area contributed by atoms with Crippen molar-refractivity contribution in [3.63, 3.8) is 0 Å². The standard InChI is InChI=1S/C15H23N3O3/c1-3-4-10-21-15(20)17-18(16)14(19)12(2)11-13-8-6-5-7-9-13/h5-9,12H,3-4,10-11,16H2,1-2H3,(H,17,20). The molecular formula is C15H23N3O3. The number of hydrogen-bond acceptors (Lipinski definition) is 4. The number of unbranched alkanes of at least 4 members (excludes halogenated alkanes) is 1. The molecule has 0 saturated heterocycles. The van der Waals surface area contributed by atoms with Gasteiger partial charge in [-0.15, -0.1) is 0 Å². The number of rotatable bonds is 6. The van der Waals surface area contributed by atoms with Crippen LogP contribution in [-0.2, 0) is 16.0 Å². The fraction of sp³-hybridized carbons (Fsp3) is 0.467. The van der Waals surface area contributed by atoms with Crippen molar-refractivity contribution < 1.29 is 14.3 Å². The number of ether oxygens (including phenoxy) is 1. The highest BCUT2D eigenvalue weighted by atomic mass is 16.6. The van der Waals surface area contributed by atoms with Gasteiger partial charge >= 0.3 is 6.09 Å². The number of nitrogens with one attached hydrogen (secondary N) is 1. The zero-order chi connectivity index (χ0) is 15.7. The van der Waals surface area contributed by atoms with Gasteiger partial charge in [0.05, 0.1) is 6.61 Å². The van der Waals surface area contributed by atoms with Gasteiger partial charge in [0.15, 0.2) is 0 Å². The lowest BCUT2D eigenvalue weighted by Crippen LogP contribution is -2.53. The second-order valence-electron chi connectivity index (χ2n) is 4.90. The normalized spacial score (nSPS) is 11.6. The summed E-state index contributed by atoms with van der Waals surface area (Å²) < 4.78 is 4.88. The Kier molecular flexibility index (Phi) is 7.25. The van der Waals surface area contributed by atoms with Crippen LogP contribution in [0.5, 0.6) is 0 Å². The van der Waals surface area contributed by atoms with Gasteiger partial charge in [-0.25, -0.2) is 16.1 Å². The van der Waals surface area contributed by atoms with Crippen LogP contribution in [0.3, 0.4) is 0 Å². The predicted octanol–water partition coefficient (Wildman–Crippen LogP) is 2.01. The Morgan fingerprint density at radius 2 is 2.00 bits per heavy atom. The molecule has 0 aliphatic heterocycles. The molecule has 6 nitrogen and oxygen atoms in total. The monoisotopic (exact) mass is 293 g/mol. The zero-order valence-corrected chi connectivity index (χ0v) is 12.5. The molecule has 6 heteroatoms. The van der Waals surface area contributed by atoms with Crippen LogP contribution in [-0.4, -0.2) is 23.7 Å². The summed E-state index contributed by atoms with van der Waals surface area (Å²) in [6.45, 7) is 4.06. The van der Waals surface area contributed by atoms with Crippen molar-refractivity contribution in [3.05, 3.63) is 35.9 Å². The van der Waals surface area contributed by atoms with E-state index >= 15 is 0 Å². The van der Waals surface area contributed by atoms with Gasteiger partial charge in [0.2, 0.25) is 0 Å². The summed E-state index contributed by atoms with van der Waals surface area (Å²) >= 11 is 0. The topological polar surface area (TPSA) is 84.7 Å². The number of nitrogens with zero attached hydrogens (tertiary/aromatic N) is 1. The fourth-order valence-corrected chi connectivity index (χ4v) is 1.79. The van der Waals surface area contributed by atoms with E-state index in [2.05, 4.69) is 5.43 Å². The second-order valence-corrected chi connectivity index (χ2v) is 4.90. The largest absolute Gasteiger partial charge is 0.448 e. The van der Waals surface area contributed by atoms with Crippen LogP contribution < -0.4 is 11.3 Å².